The van der Waals surface area contributed by atoms with E-state index in [0.29, 0.717) is 49.2 Å². The highest BCUT2D eigenvalue weighted by molar-refractivity contribution is 9.10. The van der Waals surface area contributed by atoms with Crippen molar-refractivity contribution in [3.05, 3.63) is 82.8 Å². The van der Waals surface area contributed by atoms with Gasteiger partial charge >= 0.3 is 0 Å². The number of hydrogen-bond donors (Lipinski definition) is 1. The number of carbonyl (C=O) groups excluding carboxylic acids is 1. The maximum Gasteiger partial charge on any atom is 0.259 e. The summed E-state index contributed by atoms with van der Waals surface area (Å²) in [6.45, 7) is 1.50. The fourth-order valence-electron chi connectivity index (χ4n) is 2.75. The fourth-order valence-corrected chi connectivity index (χ4v) is 3.11. The molecule has 6 nitrogen and oxygen atoms in total. The molecule has 1 N–H and O–H groups in total. The molecular weight excluding hydrogens is 462 g/mol. The van der Waals surface area contributed by atoms with Gasteiger partial charge in [0.15, 0.2) is 0 Å². The molecule has 0 heterocycles. The zero-order valence-electron chi connectivity index (χ0n) is 17.2. The van der Waals surface area contributed by atoms with E-state index < -0.39 is 0 Å². The monoisotopic (exact) mass is 485 g/mol. The van der Waals surface area contributed by atoms with E-state index in [4.69, 9.17) is 18.9 Å². The summed E-state index contributed by atoms with van der Waals surface area (Å²) in [4.78, 5) is 13.0. The lowest BCUT2D eigenvalue weighted by atomic mass is 10.1. The average molecular weight is 486 g/mol. The van der Waals surface area contributed by atoms with Gasteiger partial charge in [-0.15, -0.1) is 0 Å². The Morgan fingerprint density at radius 1 is 0.806 bits per heavy atom. The summed E-state index contributed by atoms with van der Waals surface area (Å²) in [6.07, 6.45) is 0. The van der Waals surface area contributed by atoms with Crippen molar-refractivity contribution in [2.45, 2.75) is 0 Å². The third-order valence-corrected chi connectivity index (χ3v) is 4.71. The highest BCUT2D eigenvalue weighted by Gasteiger charge is 2.16. The Labute approximate surface area is 190 Å². The van der Waals surface area contributed by atoms with Crippen molar-refractivity contribution >= 4 is 27.5 Å². The molecule has 0 unspecified atom stereocenters. The maximum atomic E-state index is 13.0. The van der Waals surface area contributed by atoms with E-state index in [0.717, 1.165) is 10.2 Å². The van der Waals surface area contributed by atoms with Gasteiger partial charge in [-0.05, 0) is 42.5 Å². The first-order chi connectivity index (χ1) is 15.2. The molecule has 3 rings (SSSR count). The second kappa shape index (κ2) is 12.0. The molecule has 0 aliphatic heterocycles. The number of halogens is 1. The van der Waals surface area contributed by atoms with E-state index in [9.17, 15) is 4.79 Å². The van der Waals surface area contributed by atoms with Gasteiger partial charge in [0.05, 0.1) is 17.9 Å². The topological polar surface area (TPSA) is 66.0 Å². The summed E-state index contributed by atoms with van der Waals surface area (Å²) in [7, 11) is 1.60. The van der Waals surface area contributed by atoms with Crippen LogP contribution < -0.4 is 19.5 Å². The number of hydrogen-bond acceptors (Lipinski definition) is 5. The van der Waals surface area contributed by atoms with Gasteiger partial charge in [0.1, 0.15) is 37.1 Å². The van der Waals surface area contributed by atoms with Crippen molar-refractivity contribution in [1.29, 1.82) is 0 Å². The molecule has 0 saturated heterocycles. The van der Waals surface area contributed by atoms with Crippen LogP contribution in [0, 0.1) is 0 Å². The number of ether oxygens (including phenoxy) is 4. The van der Waals surface area contributed by atoms with E-state index in [1.54, 1.807) is 31.4 Å². The molecule has 0 aliphatic carbocycles. The largest absolute Gasteiger partial charge is 0.490 e. The lowest BCUT2D eigenvalue weighted by Crippen LogP contribution is -2.16. The number of rotatable bonds is 11. The summed E-state index contributed by atoms with van der Waals surface area (Å²) in [5.41, 5.74) is 0.975. The molecule has 31 heavy (non-hydrogen) atoms. The van der Waals surface area contributed by atoms with Gasteiger partial charge in [0.2, 0.25) is 0 Å². The fraction of sp³-hybridized carbons (Fsp3) is 0.208. The molecular formula is C24H24BrNO5. The first kappa shape index (κ1) is 22.7. The molecule has 3 aromatic carbocycles. The molecule has 0 saturated carbocycles. The van der Waals surface area contributed by atoms with Crippen LogP contribution in [0.25, 0.3) is 0 Å². The Bertz CT molecular complexity index is 981. The van der Waals surface area contributed by atoms with Crippen LogP contribution in [0.5, 0.6) is 17.2 Å². The lowest BCUT2D eigenvalue weighted by Gasteiger charge is -2.15. The van der Waals surface area contributed by atoms with Gasteiger partial charge in [-0.3, -0.25) is 4.79 Å². The van der Waals surface area contributed by atoms with Crippen molar-refractivity contribution in [3.63, 3.8) is 0 Å². The van der Waals surface area contributed by atoms with Crippen LogP contribution in [0.4, 0.5) is 5.69 Å². The maximum absolute atomic E-state index is 13.0. The molecule has 162 valence electrons. The highest BCUT2D eigenvalue weighted by Crippen LogP contribution is 2.28. The van der Waals surface area contributed by atoms with E-state index in [1.165, 1.54) is 0 Å². The van der Waals surface area contributed by atoms with Crippen LogP contribution in [0.3, 0.4) is 0 Å². The van der Waals surface area contributed by atoms with Crippen molar-refractivity contribution in [2.24, 2.45) is 0 Å². The van der Waals surface area contributed by atoms with Crippen LogP contribution in [-0.4, -0.2) is 39.4 Å². The number of methoxy groups -OCH3 is 1. The van der Waals surface area contributed by atoms with Crippen molar-refractivity contribution in [3.8, 4) is 17.2 Å². The molecule has 0 aromatic heterocycles. The Morgan fingerprint density at radius 2 is 1.48 bits per heavy atom. The number of amides is 1. The lowest BCUT2D eigenvalue weighted by molar-refractivity contribution is 0.101. The zero-order chi connectivity index (χ0) is 21.9. The standard InChI is InChI=1S/C24H24BrNO5/c1-28-13-14-30-22-12-11-18(25)17-20(22)24(27)26-21-9-5-6-10-23(21)31-16-15-29-19-7-3-2-4-8-19/h2-12,17H,13-16H2,1H3,(H,26,27). The van der Waals surface area contributed by atoms with Gasteiger partial charge in [-0.25, -0.2) is 0 Å². The van der Waals surface area contributed by atoms with Gasteiger partial charge < -0.3 is 24.3 Å². The first-order valence-corrected chi connectivity index (χ1v) is 10.6. The van der Waals surface area contributed by atoms with Gasteiger partial charge in [0.25, 0.3) is 5.91 Å². The molecule has 0 atom stereocenters. The first-order valence-electron chi connectivity index (χ1n) is 9.79. The van der Waals surface area contributed by atoms with Crippen molar-refractivity contribution in [2.75, 3.05) is 38.9 Å². The quantitative estimate of drug-likeness (QED) is 0.378. The third-order valence-electron chi connectivity index (χ3n) is 4.22. The van der Waals surface area contributed by atoms with Gasteiger partial charge in [0, 0.05) is 11.6 Å². The highest BCUT2D eigenvalue weighted by atomic mass is 79.9. The summed E-state index contributed by atoms with van der Waals surface area (Å²) >= 11 is 3.41. The summed E-state index contributed by atoms with van der Waals surface area (Å²) in [5.74, 6) is 1.52. The SMILES string of the molecule is COCCOc1ccc(Br)cc1C(=O)Nc1ccccc1OCCOc1ccccc1. The van der Waals surface area contributed by atoms with Crippen LogP contribution >= 0.6 is 15.9 Å². The second-order valence-corrected chi connectivity index (χ2v) is 7.36. The minimum absolute atomic E-state index is 0.301. The van der Waals surface area contributed by atoms with Gasteiger partial charge in [-0.2, -0.15) is 0 Å². The predicted molar refractivity (Wildman–Crippen MR) is 123 cm³/mol. The molecule has 0 fully saturated rings. The molecule has 0 aliphatic rings. The summed E-state index contributed by atoms with van der Waals surface area (Å²) in [5, 5.41) is 2.91. The van der Waals surface area contributed by atoms with E-state index in [2.05, 4.69) is 21.2 Å². The normalized spacial score (nSPS) is 10.4. The van der Waals surface area contributed by atoms with E-state index in [-0.39, 0.29) is 5.91 Å². The van der Waals surface area contributed by atoms with E-state index in [1.807, 2.05) is 48.5 Å². The molecule has 1 amide bonds. The zero-order valence-corrected chi connectivity index (χ0v) is 18.8. The summed E-state index contributed by atoms with van der Waals surface area (Å²) < 4.78 is 23.0. The predicted octanol–water partition coefficient (Wildman–Crippen LogP) is 5.18. The molecule has 0 spiro atoms. The second-order valence-electron chi connectivity index (χ2n) is 6.44. The number of para-hydroxylation sites is 3. The van der Waals surface area contributed by atoms with Crippen LogP contribution in [0.2, 0.25) is 0 Å². The number of benzene rings is 3. The van der Waals surface area contributed by atoms with Crippen LogP contribution in [0.15, 0.2) is 77.3 Å². The Kier molecular flexibility index (Phi) is 8.75. The Morgan fingerprint density at radius 3 is 2.29 bits per heavy atom. The van der Waals surface area contributed by atoms with Gasteiger partial charge in [-0.1, -0.05) is 46.3 Å². The number of anilines is 1. The number of nitrogens with one attached hydrogen (secondary N) is 1. The molecule has 0 radical (unpaired) electrons. The number of carbonyl (C=O) groups is 1. The Balaban J connectivity index is 1.63. The average Bonchev–Trinajstić information content (AvgIpc) is 2.79. The smallest absolute Gasteiger partial charge is 0.259 e. The van der Waals surface area contributed by atoms with Crippen molar-refractivity contribution < 1.29 is 23.7 Å². The molecule has 3 aromatic rings. The summed E-state index contributed by atoms with van der Waals surface area (Å²) in [6, 6.07) is 22.1. The van der Waals surface area contributed by atoms with Crippen molar-refractivity contribution in [1.82, 2.24) is 0 Å². The molecule has 0 bridgehead atoms. The minimum Gasteiger partial charge on any atom is -0.490 e. The Hall–Kier alpha value is -3.03. The third kappa shape index (κ3) is 7.01. The molecule has 7 heteroatoms. The van der Waals surface area contributed by atoms with Crippen LogP contribution in [0.1, 0.15) is 10.4 Å². The van der Waals surface area contributed by atoms with E-state index >= 15 is 0 Å². The minimum atomic E-state index is -0.301. The van der Waals surface area contributed by atoms with Crippen LogP contribution in [-0.2, 0) is 4.74 Å².